The fourth-order valence-electron chi connectivity index (χ4n) is 1.87. The fraction of sp³-hybridized carbons (Fsp3) is 0.615. The summed E-state index contributed by atoms with van der Waals surface area (Å²) in [5.41, 5.74) is -0.611. The first-order valence-electron chi connectivity index (χ1n) is 6.02. The van der Waals surface area contributed by atoms with E-state index in [1.165, 1.54) is 4.90 Å². The van der Waals surface area contributed by atoms with Crippen molar-refractivity contribution >= 4 is 6.09 Å². The van der Waals surface area contributed by atoms with Crippen molar-refractivity contribution in [2.45, 2.75) is 25.4 Å². The van der Waals surface area contributed by atoms with Crippen molar-refractivity contribution in [1.82, 2.24) is 4.90 Å². The van der Waals surface area contributed by atoms with Crippen LogP contribution >= 0.6 is 0 Å². The maximum Gasteiger partial charge on any atom is 0.410 e. The highest BCUT2D eigenvalue weighted by Crippen LogP contribution is 2.22. The van der Waals surface area contributed by atoms with E-state index in [4.69, 9.17) is 4.74 Å². The molecule has 1 amide bonds. The average molecular weight is 257 g/mol. The van der Waals surface area contributed by atoms with Crippen molar-refractivity contribution in [3.63, 3.8) is 0 Å². The third-order valence-electron chi connectivity index (χ3n) is 3.06. The molecule has 0 bridgehead atoms. The van der Waals surface area contributed by atoms with Gasteiger partial charge in [0.15, 0.2) is 0 Å². The van der Waals surface area contributed by atoms with Gasteiger partial charge < -0.3 is 14.7 Å². The highest BCUT2D eigenvalue weighted by atomic mass is 19.1. The van der Waals surface area contributed by atoms with Gasteiger partial charge in [-0.15, -0.1) is 0 Å². The molecule has 4 nitrogen and oxygen atoms in total. The molecular formula is C13H20FNO3. The Kier molecular flexibility index (Phi) is 5.34. The van der Waals surface area contributed by atoms with Crippen molar-refractivity contribution in [3.05, 3.63) is 24.3 Å². The molecule has 1 rings (SSSR count). The minimum Gasteiger partial charge on any atom is -0.445 e. The van der Waals surface area contributed by atoms with E-state index in [1.54, 1.807) is 12.2 Å². The Morgan fingerprint density at radius 2 is 2.39 bits per heavy atom. The molecule has 1 aliphatic heterocycles. The van der Waals surface area contributed by atoms with Crippen LogP contribution in [0.5, 0.6) is 0 Å². The van der Waals surface area contributed by atoms with Crippen molar-refractivity contribution < 1.29 is 19.0 Å². The first-order chi connectivity index (χ1) is 8.54. The molecule has 1 heterocycles. The zero-order valence-electron chi connectivity index (χ0n) is 10.7. The molecule has 0 aliphatic carbocycles. The second kappa shape index (κ2) is 6.54. The molecule has 1 atom stereocenters. The van der Waals surface area contributed by atoms with Crippen molar-refractivity contribution in [3.8, 4) is 0 Å². The predicted octanol–water partition coefficient (Wildman–Crippen LogP) is 2.05. The van der Waals surface area contributed by atoms with Gasteiger partial charge >= 0.3 is 6.09 Å². The summed E-state index contributed by atoms with van der Waals surface area (Å²) in [5.74, 6) is 0. The number of nitrogens with zero attached hydrogens (tertiary/aromatic N) is 1. The lowest BCUT2D eigenvalue weighted by molar-refractivity contribution is -0.0437. The van der Waals surface area contributed by atoms with Crippen molar-refractivity contribution in [1.29, 1.82) is 0 Å². The SMILES string of the molecule is C=C/C(=C\C)COC(=O)N1CCCC(O)(CF)C1. The van der Waals surface area contributed by atoms with Gasteiger partial charge in [-0.05, 0) is 25.3 Å². The molecule has 1 aliphatic rings. The number of piperidine rings is 1. The van der Waals surface area contributed by atoms with Crippen LogP contribution in [0, 0.1) is 0 Å². The maximum atomic E-state index is 12.7. The topological polar surface area (TPSA) is 49.8 Å². The van der Waals surface area contributed by atoms with Crippen LogP contribution in [-0.2, 0) is 4.74 Å². The van der Waals surface area contributed by atoms with Crippen LogP contribution in [-0.4, -0.2) is 48.1 Å². The van der Waals surface area contributed by atoms with Crippen LogP contribution in [0.1, 0.15) is 19.8 Å². The lowest BCUT2D eigenvalue weighted by Crippen LogP contribution is -2.51. The van der Waals surface area contributed by atoms with Crippen LogP contribution in [0.15, 0.2) is 24.3 Å². The Morgan fingerprint density at radius 3 is 2.94 bits per heavy atom. The van der Waals surface area contributed by atoms with Gasteiger partial charge in [0.05, 0.1) is 6.54 Å². The summed E-state index contributed by atoms with van der Waals surface area (Å²) in [4.78, 5) is 13.1. The molecule has 1 unspecified atom stereocenters. The molecule has 102 valence electrons. The largest absolute Gasteiger partial charge is 0.445 e. The second-order valence-electron chi connectivity index (χ2n) is 4.51. The Hall–Kier alpha value is -1.36. The number of amides is 1. The fourth-order valence-corrected chi connectivity index (χ4v) is 1.87. The minimum absolute atomic E-state index is 0.0123. The van der Waals surface area contributed by atoms with E-state index >= 15 is 0 Å². The summed E-state index contributed by atoms with van der Waals surface area (Å²) in [7, 11) is 0. The van der Waals surface area contributed by atoms with Crippen LogP contribution in [0.4, 0.5) is 9.18 Å². The molecule has 0 saturated carbocycles. The minimum atomic E-state index is -1.42. The molecule has 1 fully saturated rings. The number of halogens is 1. The number of rotatable bonds is 4. The van der Waals surface area contributed by atoms with E-state index < -0.39 is 18.4 Å². The van der Waals surface area contributed by atoms with Gasteiger partial charge in [0, 0.05) is 6.54 Å². The van der Waals surface area contributed by atoms with E-state index in [1.807, 2.05) is 6.92 Å². The van der Waals surface area contributed by atoms with Gasteiger partial charge in [-0.25, -0.2) is 9.18 Å². The van der Waals surface area contributed by atoms with Gasteiger partial charge in [0.1, 0.15) is 18.9 Å². The third-order valence-corrected chi connectivity index (χ3v) is 3.06. The summed E-state index contributed by atoms with van der Waals surface area (Å²) in [6.07, 6.45) is 3.84. The van der Waals surface area contributed by atoms with Gasteiger partial charge in [-0.1, -0.05) is 18.7 Å². The number of β-amino-alcohol motifs (C(OH)–C–C–N with tert-alkyl or cyclic N) is 1. The number of carbonyl (C=O) groups excluding carboxylic acids is 1. The quantitative estimate of drug-likeness (QED) is 0.784. The smallest absolute Gasteiger partial charge is 0.410 e. The maximum absolute atomic E-state index is 12.7. The first kappa shape index (κ1) is 14.7. The molecule has 18 heavy (non-hydrogen) atoms. The molecule has 5 heteroatoms. The molecule has 0 spiro atoms. The molecular weight excluding hydrogens is 237 g/mol. The molecule has 0 aromatic carbocycles. The molecule has 1 N–H and O–H groups in total. The van der Waals surface area contributed by atoms with E-state index in [0.29, 0.717) is 19.4 Å². The van der Waals surface area contributed by atoms with Gasteiger partial charge in [-0.2, -0.15) is 0 Å². The van der Waals surface area contributed by atoms with E-state index in [0.717, 1.165) is 5.57 Å². The Labute approximate surface area is 107 Å². The van der Waals surface area contributed by atoms with E-state index in [9.17, 15) is 14.3 Å². The number of likely N-dealkylation sites (tertiary alicyclic amines) is 1. The van der Waals surface area contributed by atoms with Crippen LogP contribution in [0.25, 0.3) is 0 Å². The Morgan fingerprint density at radius 1 is 1.67 bits per heavy atom. The summed E-state index contributed by atoms with van der Waals surface area (Å²) < 4.78 is 17.7. The van der Waals surface area contributed by atoms with E-state index in [-0.39, 0.29) is 13.2 Å². The highest BCUT2D eigenvalue weighted by Gasteiger charge is 2.35. The monoisotopic (exact) mass is 257 g/mol. The van der Waals surface area contributed by atoms with E-state index in [2.05, 4.69) is 6.58 Å². The molecule has 0 aromatic rings. The standard InChI is InChI=1S/C13H20FNO3/c1-3-11(4-2)8-18-12(16)15-7-5-6-13(17,9-14)10-15/h3-4,17H,1,5-10H2,2H3/b11-4+. The summed E-state index contributed by atoms with van der Waals surface area (Å²) in [6, 6.07) is 0. The lowest BCUT2D eigenvalue weighted by atomic mass is 9.95. The average Bonchev–Trinajstić information content (AvgIpc) is 2.39. The van der Waals surface area contributed by atoms with Crippen LogP contribution in [0.3, 0.4) is 0 Å². The number of aliphatic hydroxyl groups is 1. The Bertz CT molecular complexity index is 343. The number of hydrogen-bond donors (Lipinski definition) is 1. The van der Waals surface area contributed by atoms with Crippen LogP contribution in [0.2, 0.25) is 0 Å². The number of alkyl halides is 1. The number of ether oxygens (including phenoxy) is 1. The summed E-state index contributed by atoms with van der Waals surface area (Å²) in [6.45, 7) is 5.20. The predicted molar refractivity (Wildman–Crippen MR) is 67.0 cm³/mol. The molecule has 0 aromatic heterocycles. The number of allylic oxidation sites excluding steroid dienone is 1. The Balaban J connectivity index is 2.49. The normalized spacial score (nSPS) is 24.8. The highest BCUT2D eigenvalue weighted by molar-refractivity contribution is 5.68. The lowest BCUT2D eigenvalue weighted by Gasteiger charge is -2.36. The van der Waals surface area contributed by atoms with Crippen molar-refractivity contribution in [2.75, 3.05) is 26.4 Å². The van der Waals surface area contributed by atoms with Gasteiger partial charge in [0.2, 0.25) is 0 Å². The zero-order valence-corrected chi connectivity index (χ0v) is 10.7. The van der Waals surface area contributed by atoms with Crippen molar-refractivity contribution in [2.24, 2.45) is 0 Å². The number of carbonyl (C=O) groups is 1. The summed E-state index contributed by atoms with van der Waals surface area (Å²) in [5, 5.41) is 9.82. The zero-order chi connectivity index (χ0) is 13.6. The van der Waals surface area contributed by atoms with Crippen LogP contribution < -0.4 is 0 Å². The van der Waals surface area contributed by atoms with Gasteiger partial charge in [-0.3, -0.25) is 0 Å². The molecule has 0 radical (unpaired) electrons. The second-order valence-corrected chi connectivity index (χ2v) is 4.51. The number of hydrogen-bond acceptors (Lipinski definition) is 3. The summed E-state index contributed by atoms with van der Waals surface area (Å²) >= 11 is 0. The third kappa shape index (κ3) is 3.84. The molecule has 1 saturated heterocycles. The van der Waals surface area contributed by atoms with Gasteiger partial charge in [0.25, 0.3) is 0 Å². The first-order valence-corrected chi connectivity index (χ1v) is 6.02.